The van der Waals surface area contributed by atoms with Gasteiger partial charge in [-0.1, -0.05) is 67.6 Å². The number of fused-ring (bicyclic) bond motifs is 5. The van der Waals surface area contributed by atoms with Gasteiger partial charge in [0.1, 0.15) is 12.8 Å². The van der Waals surface area contributed by atoms with Crippen molar-refractivity contribution in [3.63, 3.8) is 0 Å². The lowest BCUT2D eigenvalue weighted by molar-refractivity contribution is -0.0405. The summed E-state index contributed by atoms with van der Waals surface area (Å²) in [6, 6.07) is 22.2. The molecule has 1 saturated heterocycles. The topological polar surface area (TPSA) is 113 Å². The fourth-order valence-electron chi connectivity index (χ4n) is 6.53. The molecule has 2 N–H and O–H groups in total. The van der Waals surface area contributed by atoms with Crippen LogP contribution in [-0.4, -0.2) is 48.6 Å². The number of benzene rings is 3. The second-order valence-corrected chi connectivity index (χ2v) is 11.7. The van der Waals surface area contributed by atoms with E-state index in [1.807, 2.05) is 49.4 Å². The van der Waals surface area contributed by atoms with Crippen LogP contribution in [0.15, 0.2) is 77.7 Å². The molecular formula is C35H36N4O6. The largest absolute Gasteiger partial charge is 0.450 e. The molecule has 4 aromatic rings. The van der Waals surface area contributed by atoms with Gasteiger partial charge in [-0.2, -0.15) is 4.98 Å². The number of ether oxygens (including phenoxy) is 4. The molecular weight excluding hydrogens is 572 g/mol. The summed E-state index contributed by atoms with van der Waals surface area (Å²) in [6.07, 6.45) is 2.13. The highest BCUT2D eigenvalue weighted by atomic mass is 16.6. The Bertz CT molecular complexity index is 1800. The van der Waals surface area contributed by atoms with Crippen molar-refractivity contribution in [2.24, 2.45) is 5.92 Å². The Balaban J connectivity index is 0.933. The molecule has 4 unspecified atom stereocenters. The van der Waals surface area contributed by atoms with Crippen LogP contribution in [-0.2, 0) is 20.6 Å². The lowest BCUT2D eigenvalue weighted by Crippen LogP contribution is -2.29. The molecule has 10 nitrogen and oxygen atoms in total. The van der Waals surface area contributed by atoms with Crippen molar-refractivity contribution in [3.8, 4) is 22.6 Å². The summed E-state index contributed by atoms with van der Waals surface area (Å²) in [5, 5.41) is 6.14. The molecule has 1 fully saturated rings. The van der Waals surface area contributed by atoms with Crippen molar-refractivity contribution in [1.82, 2.24) is 14.9 Å². The fourth-order valence-corrected chi connectivity index (χ4v) is 6.53. The number of anilines is 2. The summed E-state index contributed by atoms with van der Waals surface area (Å²) in [6.45, 7) is 2.78. The molecule has 2 aliphatic heterocycles. The van der Waals surface area contributed by atoms with E-state index in [1.165, 1.54) is 26.8 Å². The smallest absolute Gasteiger partial charge is 0.407 e. The third-order valence-corrected chi connectivity index (χ3v) is 8.84. The Labute approximate surface area is 264 Å². The van der Waals surface area contributed by atoms with Crippen LogP contribution < -0.4 is 21.1 Å². The number of nitrogens with zero attached hydrogens (tertiary/aromatic N) is 2. The van der Waals surface area contributed by atoms with Crippen LogP contribution >= 0.6 is 0 Å². The number of rotatable bonds is 9. The molecule has 3 aromatic carbocycles. The highest BCUT2D eigenvalue weighted by Gasteiger charge is 2.35. The Morgan fingerprint density at radius 1 is 1.11 bits per heavy atom. The van der Waals surface area contributed by atoms with Crippen molar-refractivity contribution in [2.75, 3.05) is 32.1 Å². The predicted molar refractivity (Wildman–Crippen MR) is 169 cm³/mol. The Kier molecular flexibility index (Phi) is 7.35. The van der Waals surface area contributed by atoms with E-state index in [0.717, 1.165) is 11.3 Å². The number of nitrogens with one attached hydrogen (secondary N) is 2. The van der Waals surface area contributed by atoms with Gasteiger partial charge in [-0.3, -0.25) is 4.57 Å². The molecule has 4 atom stereocenters. The van der Waals surface area contributed by atoms with Gasteiger partial charge in [0.05, 0.1) is 27.3 Å². The lowest BCUT2D eigenvalue weighted by Gasteiger charge is -2.24. The van der Waals surface area contributed by atoms with Gasteiger partial charge in [0, 0.05) is 19.5 Å². The standard InChI is InChI=1S/C35H36N4O6/c1-21-17-31(45-30(21)20-42-2)39-18-29-33(38-34(39)40)37-32-22(9-7-15-28(32)44-29)10-8-16-36-35(41)43-19-27-25-13-5-3-11-23(25)24-12-4-6-14-26(24)27/h3-7,9,11-15,18,21,27,30-31H,8,10,16-17,19-20H2,1-2H3,(H,36,41)(H,37,38,40)/i2TD. The second-order valence-electron chi connectivity index (χ2n) is 11.7. The molecule has 3 heterocycles. The van der Waals surface area contributed by atoms with Gasteiger partial charge in [-0.25, -0.2) is 9.59 Å². The average molecular weight is 612 g/mol. The third kappa shape index (κ3) is 5.67. The van der Waals surface area contributed by atoms with Gasteiger partial charge in [-0.05, 0) is 59.1 Å². The number of hydrogen-bond acceptors (Lipinski definition) is 8. The maximum atomic E-state index is 13.0. The van der Waals surface area contributed by atoms with Gasteiger partial charge >= 0.3 is 11.8 Å². The molecule has 1 amide bonds. The van der Waals surface area contributed by atoms with Gasteiger partial charge in [-0.15, -0.1) is 0 Å². The van der Waals surface area contributed by atoms with Crippen LogP contribution in [0.4, 0.5) is 16.3 Å². The first kappa shape index (κ1) is 26.7. The van der Waals surface area contributed by atoms with E-state index in [2.05, 4.69) is 39.9 Å². The van der Waals surface area contributed by atoms with Crippen molar-refractivity contribution < 1.29 is 26.5 Å². The number of amides is 1. The van der Waals surface area contributed by atoms with Gasteiger partial charge < -0.3 is 29.6 Å². The van der Waals surface area contributed by atoms with Crippen LogP contribution in [0.1, 0.15) is 51.3 Å². The number of alkyl carbamates (subject to hydrolysis) is 1. The predicted octanol–water partition coefficient (Wildman–Crippen LogP) is 6.13. The maximum absolute atomic E-state index is 13.0. The van der Waals surface area contributed by atoms with Crippen LogP contribution in [0.25, 0.3) is 11.1 Å². The molecule has 0 radical (unpaired) electrons. The van der Waals surface area contributed by atoms with E-state index in [-0.39, 0.29) is 31.2 Å². The van der Waals surface area contributed by atoms with Crippen molar-refractivity contribution in [2.45, 2.75) is 44.4 Å². The van der Waals surface area contributed by atoms with Crippen LogP contribution in [0.3, 0.4) is 0 Å². The number of aryl methyl sites for hydroxylation is 1. The van der Waals surface area contributed by atoms with E-state index in [1.54, 1.807) is 6.20 Å². The summed E-state index contributed by atoms with van der Waals surface area (Å²) >= 11 is 0. The molecule has 0 bridgehead atoms. The molecule has 10 heteroatoms. The van der Waals surface area contributed by atoms with Crippen molar-refractivity contribution in [3.05, 3.63) is 100 Å². The lowest BCUT2D eigenvalue weighted by atomic mass is 9.98. The van der Waals surface area contributed by atoms with E-state index in [4.69, 9.17) is 21.7 Å². The first-order chi connectivity index (χ1) is 22.9. The van der Waals surface area contributed by atoms with Crippen molar-refractivity contribution in [1.29, 1.82) is 0 Å². The summed E-state index contributed by atoms with van der Waals surface area (Å²) < 4.78 is 38.9. The fraction of sp³-hybridized carbons (Fsp3) is 0.343. The first-order valence-electron chi connectivity index (χ1n) is 16.4. The minimum Gasteiger partial charge on any atom is -0.450 e. The third-order valence-electron chi connectivity index (χ3n) is 8.84. The molecule has 0 saturated carbocycles. The number of carbonyl (C=O) groups is 1. The van der Waals surface area contributed by atoms with Crippen LogP contribution in [0, 0.1) is 5.92 Å². The number of methoxy groups -OCH3 is 1. The average Bonchev–Trinajstić information content (AvgIpc) is 3.60. The summed E-state index contributed by atoms with van der Waals surface area (Å²) in [4.78, 5) is 29.9. The normalized spacial score (nSPS) is 20.8. The van der Waals surface area contributed by atoms with Crippen LogP contribution in [0.5, 0.6) is 11.5 Å². The van der Waals surface area contributed by atoms with Crippen molar-refractivity contribution >= 4 is 17.6 Å². The number of carbonyl (C=O) groups excluding carboxylic acids is 1. The molecule has 3 aliphatic rings. The molecule has 45 heavy (non-hydrogen) atoms. The number of hydrogen-bond donors (Lipinski definition) is 2. The molecule has 7 rings (SSSR count). The maximum Gasteiger partial charge on any atom is 0.407 e. The van der Waals surface area contributed by atoms with E-state index < -0.39 is 25.1 Å². The molecule has 232 valence electrons. The quantitative estimate of drug-likeness (QED) is 0.191. The first-order valence-corrected chi connectivity index (χ1v) is 15.3. The zero-order valence-corrected chi connectivity index (χ0v) is 24.9. The van der Waals surface area contributed by atoms with Gasteiger partial charge in [0.15, 0.2) is 17.3 Å². The number of para-hydroxylation sites is 1. The molecule has 1 aromatic heterocycles. The number of aromatic nitrogens is 2. The Morgan fingerprint density at radius 3 is 2.67 bits per heavy atom. The monoisotopic (exact) mass is 611 g/mol. The van der Waals surface area contributed by atoms with Gasteiger partial charge in [0.25, 0.3) is 0 Å². The minimum absolute atomic E-state index is 0.00719. The van der Waals surface area contributed by atoms with Crippen LogP contribution in [0.2, 0.25) is 0 Å². The van der Waals surface area contributed by atoms with E-state index in [0.29, 0.717) is 43.1 Å². The molecule has 0 spiro atoms. The Morgan fingerprint density at radius 2 is 1.89 bits per heavy atom. The van der Waals surface area contributed by atoms with E-state index >= 15 is 0 Å². The van der Waals surface area contributed by atoms with Gasteiger partial charge in [0.2, 0.25) is 0 Å². The summed E-state index contributed by atoms with van der Waals surface area (Å²) in [5.41, 5.74) is 5.93. The Hall–Kier alpha value is -4.67. The second kappa shape index (κ2) is 12.4. The minimum atomic E-state index is -1.39. The SMILES string of the molecule is [2H]C([3H])OCC1OC(n2cc3c(nc2=O)Nc2c(CCCNC(=O)OCC4c5ccccc5-c5ccccc54)cccc2O3)CC1C. The zero-order chi connectivity index (χ0) is 32.5. The summed E-state index contributed by atoms with van der Waals surface area (Å²) in [5.74, 6) is 1.41. The van der Waals surface area contributed by atoms with E-state index in [9.17, 15) is 9.59 Å². The summed E-state index contributed by atoms with van der Waals surface area (Å²) in [7, 11) is -1.39. The zero-order valence-electron chi connectivity index (χ0n) is 26.9. The molecule has 1 aliphatic carbocycles. The highest BCUT2D eigenvalue weighted by Crippen LogP contribution is 2.45. The highest BCUT2D eigenvalue weighted by molar-refractivity contribution is 5.79.